The molecule has 1 atom stereocenters. The van der Waals surface area contributed by atoms with E-state index in [2.05, 4.69) is 23.2 Å². The minimum absolute atomic E-state index is 0.106. The maximum absolute atomic E-state index is 12.0. The Hall–Kier alpha value is -0.720. The molecule has 6 heteroatoms. The van der Waals surface area contributed by atoms with Crippen molar-refractivity contribution in [1.82, 2.24) is 4.72 Å². The summed E-state index contributed by atoms with van der Waals surface area (Å²) < 4.78 is 26.5. The second-order valence-electron chi connectivity index (χ2n) is 5.24. The molecule has 4 nitrogen and oxygen atoms in total. The molecule has 0 fully saturated rings. The van der Waals surface area contributed by atoms with Crippen LogP contribution in [0, 0.1) is 5.92 Å². The molecule has 1 aromatic rings. The third-order valence-electron chi connectivity index (χ3n) is 2.66. The summed E-state index contributed by atoms with van der Waals surface area (Å²) in [5, 5.41) is 3.32. The summed E-state index contributed by atoms with van der Waals surface area (Å²) >= 11 is 1.83. The predicted molar refractivity (Wildman–Crippen MR) is 87.9 cm³/mol. The minimum Gasteiger partial charge on any atom is -0.385 e. The zero-order valence-corrected chi connectivity index (χ0v) is 14.1. The Bertz CT molecular complexity index is 498. The van der Waals surface area contributed by atoms with Gasteiger partial charge < -0.3 is 5.32 Å². The number of rotatable bonds is 8. The molecule has 1 rings (SSSR count). The van der Waals surface area contributed by atoms with E-state index in [0.717, 1.165) is 18.0 Å². The lowest BCUT2D eigenvalue weighted by atomic mass is 10.2. The largest absolute Gasteiger partial charge is 0.385 e. The molecule has 0 saturated carbocycles. The predicted octanol–water partition coefficient (Wildman–Crippen LogP) is 2.78. The molecule has 0 amide bonds. The summed E-state index contributed by atoms with van der Waals surface area (Å²) in [5.41, 5.74) is 0.946. The van der Waals surface area contributed by atoms with Gasteiger partial charge in [0.1, 0.15) is 0 Å². The van der Waals surface area contributed by atoms with E-state index in [1.165, 1.54) is 0 Å². The van der Waals surface area contributed by atoms with Crippen LogP contribution in [-0.4, -0.2) is 33.0 Å². The Morgan fingerprint density at radius 2 is 1.75 bits per heavy atom. The van der Waals surface area contributed by atoms with Gasteiger partial charge in [0.2, 0.25) is 10.0 Å². The van der Waals surface area contributed by atoms with Crippen molar-refractivity contribution in [3.05, 3.63) is 24.3 Å². The van der Waals surface area contributed by atoms with E-state index in [-0.39, 0.29) is 6.04 Å². The number of hydrogen-bond acceptors (Lipinski definition) is 4. The molecule has 114 valence electrons. The van der Waals surface area contributed by atoms with Gasteiger partial charge in [-0.05, 0) is 56.0 Å². The van der Waals surface area contributed by atoms with Crippen LogP contribution in [0.4, 0.5) is 5.69 Å². The number of sulfonamides is 1. The fourth-order valence-electron chi connectivity index (χ4n) is 1.77. The Kier molecular flexibility index (Phi) is 6.85. The first-order chi connectivity index (χ1) is 9.35. The van der Waals surface area contributed by atoms with Gasteiger partial charge in [-0.25, -0.2) is 13.1 Å². The van der Waals surface area contributed by atoms with Crippen LogP contribution >= 0.6 is 11.8 Å². The average molecular weight is 316 g/mol. The lowest BCUT2D eigenvalue weighted by Gasteiger charge is -2.13. The number of anilines is 1. The van der Waals surface area contributed by atoms with Gasteiger partial charge in [0.25, 0.3) is 0 Å². The van der Waals surface area contributed by atoms with Crippen molar-refractivity contribution >= 4 is 27.5 Å². The van der Waals surface area contributed by atoms with Crippen LogP contribution in [-0.2, 0) is 10.0 Å². The van der Waals surface area contributed by atoms with Crippen molar-refractivity contribution in [3.63, 3.8) is 0 Å². The van der Waals surface area contributed by atoms with Crippen LogP contribution in [0.15, 0.2) is 29.2 Å². The standard InChI is InChI=1S/C14H24N2O2S2/c1-11(2)16-20(17,18)14-7-5-13(6-8-14)15-9-12(3)10-19-4/h5-8,11-12,15-16H,9-10H2,1-4H3. The maximum atomic E-state index is 12.0. The van der Waals surface area contributed by atoms with Crippen LogP contribution in [0.25, 0.3) is 0 Å². The zero-order valence-electron chi connectivity index (χ0n) is 12.5. The Morgan fingerprint density at radius 3 is 2.25 bits per heavy atom. The highest BCUT2D eigenvalue weighted by atomic mass is 32.2. The molecule has 0 aliphatic carbocycles. The van der Waals surface area contributed by atoms with Crippen LogP contribution < -0.4 is 10.0 Å². The lowest BCUT2D eigenvalue weighted by molar-refractivity contribution is 0.570. The molecule has 0 heterocycles. The fraction of sp³-hybridized carbons (Fsp3) is 0.571. The van der Waals surface area contributed by atoms with Gasteiger partial charge in [-0.3, -0.25) is 0 Å². The molecule has 20 heavy (non-hydrogen) atoms. The van der Waals surface area contributed by atoms with Gasteiger partial charge >= 0.3 is 0 Å². The molecule has 0 aliphatic heterocycles. The number of nitrogens with one attached hydrogen (secondary N) is 2. The van der Waals surface area contributed by atoms with E-state index in [0.29, 0.717) is 10.8 Å². The van der Waals surface area contributed by atoms with Crippen molar-refractivity contribution in [2.24, 2.45) is 5.92 Å². The first kappa shape index (κ1) is 17.3. The lowest BCUT2D eigenvalue weighted by Crippen LogP contribution is -2.30. The van der Waals surface area contributed by atoms with E-state index in [4.69, 9.17) is 0 Å². The molecule has 0 spiro atoms. The van der Waals surface area contributed by atoms with E-state index >= 15 is 0 Å². The number of hydrogen-bond donors (Lipinski definition) is 2. The van der Waals surface area contributed by atoms with Gasteiger partial charge in [-0.2, -0.15) is 11.8 Å². The van der Waals surface area contributed by atoms with Crippen molar-refractivity contribution in [2.45, 2.75) is 31.7 Å². The molecule has 1 unspecified atom stereocenters. The van der Waals surface area contributed by atoms with E-state index in [9.17, 15) is 8.42 Å². The summed E-state index contributed by atoms with van der Waals surface area (Å²) in [6.45, 7) is 6.69. The third-order valence-corrected chi connectivity index (χ3v) is 5.24. The van der Waals surface area contributed by atoms with E-state index in [1.807, 2.05) is 11.8 Å². The fourth-order valence-corrected chi connectivity index (χ4v) is 3.70. The molecule has 2 N–H and O–H groups in total. The summed E-state index contributed by atoms with van der Waals surface area (Å²) in [6.07, 6.45) is 2.10. The Labute approximate surface area is 126 Å². The van der Waals surface area contributed by atoms with Gasteiger partial charge in [0.15, 0.2) is 0 Å². The second kappa shape index (κ2) is 7.90. The normalized spacial score (nSPS) is 13.4. The zero-order chi connectivity index (χ0) is 15.2. The smallest absolute Gasteiger partial charge is 0.240 e. The molecule has 0 radical (unpaired) electrons. The number of benzene rings is 1. The van der Waals surface area contributed by atoms with Gasteiger partial charge in [0, 0.05) is 18.3 Å². The van der Waals surface area contributed by atoms with Crippen molar-refractivity contribution in [2.75, 3.05) is 23.9 Å². The molecule has 1 aromatic carbocycles. The first-order valence-corrected chi connectivity index (χ1v) is 9.58. The van der Waals surface area contributed by atoms with Crippen LogP contribution in [0.1, 0.15) is 20.8 Å². The summed E-state index contributed by atoms with van der Waals surface area (Å²) in [7, 11) is -3.40. The van der Waals surface area contributed by atoms with Crippen molar-refractivity contribution < 1.29 is 8.42 Å². The quantitative estimate of drug-likeness (QED) is 0.774. The third kappa shape index (κ3) is 5.73. The first-order valence-electron chi connectivity index (χ1n) is 6.70. The highest BCUT2D eigenvalue weighted by Crippen LogP contribution is 2.15. The van der Waals surface area contributed by atoms with Crippen molar-refractivity contribution in [1.29, 1.82) is 0 Å². The molecular weight excluding hydrogens is 292 g/mol. The number of thioether (sulfide) groups is 1. The highest BCUT2D eigenvalue weighted by Gasteiger charge is 2.14. The van der Waals surface area contributed by atoms with Crippen LogP contribution in [0.5, 0.6) is 0 Å². The molecule has 0 bridgehead atoms. The highest BCUT2D eigenvalue weighted by molar-refractivity contribution is 7.98. The topological polar surface area (TPSA) is 58.2 Å². The Balaban J connectivity index is 2.65. The summed E-state index contributed by atoms with van der Waals surface area (Å²) in [4.78, 5) is 0.300. The van der Waals surface area contributed by atoms with Gasteiger partial charge in [-0.1, -0.05) is 6.92 Å². The van der Waals surface area contributed by atoms with E-state index < -0.39 is 10.0 Å². The Morgan fingerprint density at radius 1 is 1.15 bits per heavy atom. The molecule has 0 aliphatic rings. The van der Waals surface area contributed by atoms with Gasteiger partial charge in [0.05, 0.1) is 4.90 Å². The van der Waals surface area contributed by atoms with Crippen LogP contribution in [0.2, 0.25) is 0 Å². The monoisotopic (exact) mass is 316 g/mol. The maximum Gasteiger partial charge on any atom is 0.240 e. The minimum atomic E-state index is -3.40. The van der Waals surface area contributed by atoms with Crippen molar-refractivity contribution in [3.8, 4) is 0 Å². The molecular formula is C14H24N2O2S2. The SMILES string of the molecule is CSCC(C)CNc1ccc(S(=O)(=O)NC(C)C)cc1. The molecule has 0 aromatic heterocycles. The summed E-state index contributed by atoms with van der Waals surface area (Å²) in [5.74, 6) is 1.69. The van der Waals surface area contributed by atoms with Gasteiger partial charge in [-0.15, -0.1) is 0 Å². The van der Waals surface area contributed by atoms with Crippen LogP contribution in [0.3, 0.4) is 0 Å². The average Bonchev–Trinajstić information content (AvgIpc) is 2.36. The summed E-state index contributed by atoms with van der Waals surface area (Å²) in [6, 6.07) is 6.77. The molecule has 0 saturated heterocycles. The second-order valence-corrected chi connectivity index (χ2v) is 7.87. The van der Waals surface area contributed by atoms with E-state index in [1.54, 1.807) is 38.1 Å².